The molecule has 24 heavy (non-hydrogen) atoms. The fourth-order valence-corrected chi connectivity index (χ4v) is 2.68. The molecule has 1 fully saturated rings. The Bertz CT molecular complexity index is 785. The van der Waals surface area contributed by atoms with E-state index >= 15 is 0 Å². The van der Waals surface area contributed by atoms with Crippen molar-refractivity contribution in [2.75, 3.05) is 20.2 Å². The van der Waals surface area contributed by atoms with Gasteiger partial charge in [-0.15, -0.1) is 0 Å². The molecule has 2 aromatic rings. The van der Waals surface area contributed by atoms with Crippen molar-refractivity contribution in [3.8, 4) is 0 Å². The second-order valence-corrected chi connectivity index (χ2v) is 6.89. The van der Waals surface area contributed by atoms with Gasteiger partial charge in [0.1, 0.15) is 11.2 Å². The molecule has 1 aliphatic rings. The monoisotopic (exact) mass is 331 g/mol. The van der Waals surface area contributed by atoms with Crippen molar-refractivity contribution in [2.45, 2.75) is 32.4 Å². The molecule has 128 valence electrons. The first-order valence-corrected chi connectivity index (χ1v) is 7.81. The second kappa shape index (κ2) is 5.81. The summed E-state index contributed by atoms with van der Waals surface area (Å²) in [4.78, 5) is 29.6. The molecule has 0 aromatic carbocycles. The molecule has 1 aliphatic heterocycles. The number of aromatic nitrogens is 2. The summed E-state index contributed by atoms with van der Waals surface area (Å²) in [7, 11) is 1.34. The number of pyridine rings is 1. The molecule has 0 N–H and O–H groups in total. The van der Waals surface area contributed by atoms with Crippen LogP contribution in [0.15, 0.2) is 24.5 Å². The van der Waals surface area contributed by atoms with Gasteiger partial charge in [-0.05, 0) is 32.9 Å². The van der Waals surface area contributed by atoms with Crippen LogP contribution in [-0.2, 0) is 9.47 Å². The molecule has 7 heteroatoms. The van der Waals surface area contributed by atoms with Gasteiger partial charge in [-0.3, -0.25) is 0 Å². The molecule has 1 amide bonds. The van der Waals surface area contributed by atoms with Crippen molar-refractivity contribution < 1.29 is 19.1 Å². The molecule has 3 heterocycles. The van der Waals surface area contributed by atoms with E-state index in [-0.39, 0.29) is 12.1 Å². The smallest absolute Gasteiger partial charge is 0.410 e. The number of rotatable bonds is 2. The molecular weight excluding hydrogens is 310 g/mol. The van der Waals surface area contributed by atoms with Crippen LogP contribution in [0.25, 0.3) is 11.0 Å². The lowest BCUT2D eigenvalue weighted by Gasteiger charge is -2.40. The van der Waals surface area contributed by atoms with E-state index in [0.717, 1.165) is 11.0 Å². The highest BCUT2D eigenvalue weighted by Gasteiger charge is 2.35. The maximum absolute atomic E-state index is 12.0. The van der Waals surface area contributed by atoms with Crippen molar-refractivity contribution in [3.05, 3.63) is 30.1 Å². The van der Waals surface area contributed by atoms with Crippen LogP contribution < -0.4 is 0 Å². The zero-order valence-corrected chi connectivity index (χ0v) is 14.3. The van der Waals surface area contributed by atoms with Crippen LogP contribution in [-0.4, -0.2) is 52.3 Å². The highest BCUT2D eigenvalue weighted by molar-refractivity contribution is 5.93. The summed E-state index contributed by atoms with van der Waals surface area (Å²) in [6, 6.07) is 3.83. The molecule has 1 saturated heterocycles. The van der Waals surface area contributed by atoms with Crippen LogP contribution >= 0.6 is 0 Å². The Balaban J connectivity index is 1.71. The number of methoxy groups -OCH3 is 1. The zero-order chi connectivity index (χ0) is 17.5. The van der Waals surface area contributed by atoms with E-state index in [1.165, 1.54) is 13.3 Å². The van der Waals surface area contributed by atoms with Crippen molar-refractivity contribution in [2.24, 2.45) is 0 Å². The van der Waals surface area contributed by atoms with Gasteiger partial charge in [0.15, 0.2) is 0 Å². The Kier molecular flexibility index (Phi) is 3.95. The number of nitrogens with zero attached hydrogens (tertiary/aromatic N) is 3. The van der Waals surface area contributed by atoms with Crippen LogP contribution in [0.2, 0.25) is 0 Å². The average Bonchev–Trinajstić information content (AvgIpc) is 2.86. The number of likely N-dealkylation sites (tertiary alicyclic amines) is 1. The molecule has 7 nitrogen and oxygen atoms in total. The average molecular weight is 331 g/mol. The second-order valence-electron chi connectivity index (χ2n) is 6.89. The number of hydrogen-bond acceptors (Lipinski definition) is 5. The van der Waals surface area contributed by atoms with Crippen LogP contribution in [0.5, 0.6) is 0 Å². The number of amides is 1. The van der Waals surface area contributed by atoms with E-state index < -0.39 is 11.6 Å². The fraction of sp³-hybridized carbons (Fsp3) is 0.471. The van der Waals surface area contributed by atoms with Gasteiger partial charge in [0, 0.05) is 30.9 Å². The van der Waals surface area contributed by atoms with Crippen LogP contribution in [0.4, 0.5) is 4.79 Å². The predicted octanol–water partition coefficient (Wildman–Crippen LogP) is 2.61. The molecule has 0 aliphatic carbocycles. The van der Waals surface area contributed by atoms with E-state index in [4.69, 9.17) is 9.47 Å². The highest BCUT2D eigenvalue weighted by atomic mass is 16.6. The Morgan fingerprint density at radius 2 is 2.00 bits per heavy atom. The quantitative estimate of drug-likeness (QED) is 0.791. The summed E-state index contributed by atoms with van der Waals surface area (Å²) in [5.41, 5.74) is 0.719. The summed E-state index contributed by atoms with van der Waals surface area (Å²) < 4.78 is 12.1. The molecule has 0 radical (unpaired) electrons. The van der Waals surface area contributed by atoms with E-state index in [1.54, 1.807) is 11.0 Å². The third-order valence-electron chi connectivity index (χ3n) is 3.88. The van der Waals surface area contributed by atoms with Gasteiger partial charge in [-0.2, -0.15) is 0 Å². The fourth-order valence-electron chi connectivity index (χ4n) is 2.68. The summed E-state index contributed by atoms with van der Waals surface area (Å²) in [5.74, 6) is -0.406. The highest BCUT2D eigenvalue weighted by Crippen LogP contribution is 2.27. The number of esters is 1. The van der Waals surface area contributed by atoms with E-state index in [1.807, 2.05) is 37.6 Å². The third kappa shape index (κ3) is 3.06. The van der Waals surface area contributed by atoms with Gasteiger partial charge in [-0.1, -0.05) is 0 Å². The molecule has 2 aromatic heterocycles. The number of carbonyl (C=O) groups is 2. The normalized spacial score (nSPS) is 15.2. The van der Waals surface area contributed by atoms with Gasteiger partial charge in [0.2, 0.25) is 0 Å². The lowest BCUT2D eigenvalue weighted by Crippen LogP contribution is -2.52. The minimum Gasteiger partial charge on any atom is -0.465 e. The van der Waals surface area contributed by atoms with Gasteiger partial charge in [-0.25, -0.2) is 14.6 Å². The third-order valence-corrected chi connectivity index (χ3v) is 3.88. The predicted molar refractivity (Wildman–Crippen MR) is 87.9 cm³/mol. The minimum absolute atomic E-state index is 0.159. The number of ether oxygens (including phenoxy) is 2. The SMILES string of the molecule is COC(=O)c1cnc2c(ccn2C2CN(C(=O)OC(C)(C)C)C2)c1. The first-order valence-electron chi connectivity index (χ1n) is 7.81. The maximum Gasteiger partial charge on any atom is 0.410 e. The van der Waals surface area contributed by atoms with Crippen molar-refractivity contribution in [1.29, 1.82) is 0 Å². The number of hydrogen-bond donors (Lipinski definition) is 0. The van der Waals surface area contributed by atoms with Gasteiger partial charge < -0.3 is 18.9 Å². The largest absolute Gasteiger partial charge is 0.465 e. The van der Waals surface area contributed by atoms with Crippen LogP contribution in [0.3, 0.4) is 0 Å². The Morgan fingerprint density at radius 1 is 1.29 bits per heavy atom. The van der Waals surface area contributed by atoms with Crippen molar-refractivity contribution >= 4 is 23.1 Å². The van der Waals surface area contributed by atoms with Crippen molar-refractivity contribution in [1.82, 2.24) is 14.5 Å². The standard InChI is InChI=1S/C17H21N3O4/c1-17(2,3)24-16(22)19-9-13(10-19)20-6-5-11-7-12(15(21)23-4)8-18-14(11)20/h5-8,13H,9-10H2,1-4H3. The summed E-state index contributed by atoms with van der Waals surface area (Å²) in [6.07, 6.45) is 3.14. The first kappa shape index (κ1) is 16.3. The summed E-state index contributed by atoms with van der Waals surface area (Å²) >= 11 is 0. The van der Waals surface area contributed by atoms with Crippen LogP contribution in [0.1, 0.15) is 37.2 Å². The molecule has 0 spiro atoms. The van der Waals surface area contributed by atoms with E-state index in [9.17, 15) is 9.59 Å². The zero-order valence-electron chi connectivity index (χ0n) is 14.3. The lowest BCUT2D eigenvalue weighted by molar-refractivity contribution is 0.00150. The Hall–Kier alpha value is -2.57. The summed E-state index contributed by atoms with van der Waals surface area (Å²) in [5, 5.41) is 0.869. The Morgan fingerprint density at radius 3 is 2.62 bits per heavy atom. The number of carbonyl (C=O) groups excluding carboxylic acids is 2. The molecule has 0 saturated carbocycles. The molecular formula is C17H21N3O4. The molecule has 0 atom stereocenters. The van der Waals surface area contributed by atoms with Gasteiger partial charge >= 0.3 is 12.1 Å². The first-order chi connectivity index (χ1) is 11.3. The topological polar surface area (TPSA) is 73.7 Å². The van der Waals surface area contributed by atoms with Crippen molar-refractivity contribution in [3.63, 3.8) is 0 Å². The van der Waals surface area contributed by atoms with E-state index in [2.05, 4.69) is 4.98 Å². The molecule has 0 unspecified atom stereocenters. The van der Waals surface area contributed by atoms with Gasteiger partial charge in [0.25, 0.3) is 0 Å². The Labute approximate surface area is 140 Å². The maximum atomic E-state index is 12.0. The van der Waals surface area contributed by atoms with E-state index in [0.29, 0.717) is 18.7 Å². The minimum atomic E-state index is -0.492. The summed E-state index contributed by atoms with van der Waals surface area (Å²) in [6.45, 7) is 6.72. The molecule has 0 bridgehead atoms. The number of fused-ring (bicyclic) bond motifs is 1. The lowest BCUT2D eigenvalue weighted by atomic mass is 10.1. The van der Waals surface area contributed by atoms with Crippen LogP contribution in [0, 0.1) is 0 Å². The molecule has 3 rings (SSSR count). The van der Waals surface area contributed by atoms with Gasteiger partial charge in [0.05, 0.1) is 18.7 Å².